The molecule has 224 valence electrons. The number of anilines is 1. The molecule has 2 aromatic carbocycles. The molecule has 2 N–H and O–H groups in total. The number of unbranched alkanes of at least 4 members (excludes halogenated alkanes) is 1. The minimum Gasteiger partial charge on any atom is -0.464 e. The first-order valence-electron chi connectivity index (χ1n) is 13.3. The molecule has 0 fully saturated rings. The van der Waals surface area contributed by atoms with Gasteiger partial charge in [0, 0.05) is 30.1 Å². The van der Waals surface area contributed by atoms with Gasteiger partial charge in [0.2, 0.25) is 11.4 Å². The zero-order valence-electron chi connectivity index (χ0n) is 22.7. The molecule has 2 aromatic heterocycles. The van der Waals surface area contributed by atoms with Crippen LogP contribution in [0, 0.1) is 0 Å². The van der Waals surface area contributed by atoms with Crippen molar-refractivity contribution in [1.29, 1.82) is 0 Å². The van der Waals surface area contributed by atoms with Gasteiger partial charge in [0.1, 0.15) is 10.3 Å². The van der Waals surface area contributed by atoms with E-state index in [0.29, 0.717) is 42.6 Å². The topological polar surface area (TPSA) is 138 Å². The number of thiazole rings is 1. The number of halogens is 1. The van der Waals surface area contributed by atoms with Crippen LogP contribution in [0.4, 0.5) is 5.69 Å². The van der Waals surface area contributed by atoms with Gasteiger partial charge < -0.3 is 14.1 Å². The van der Waals surface area contributed by atoms with Crippen LogP contribution < -0.4 is 14.2 Å². The summed E-state index contributed by atoms with van der Waals surface area (Å²) in [5.74, 6) is 0.508. The van der Waals surface area contributed by atoms with E-state index >= 15 is 0 Å². The third kappa shape index (κ3) is 7.16. The number of hydrogen-bond acceptors (Lipinski definition) is 8. The Morgan fingerprint density at radius 2 is 1.81 bits per heavy atom. The maximum Gasteiger partial charge on any atom is 0.265 e. The Hall–Kier alpha value is -2.94. The Balaban J connectivity index is 1.52. The second kappa shape index (κ2) is 12.3. The monoisotopic (exact) mass is 653 g/mol. The van der Waals surface area contributed by atoms with Crippen molar-refractivity contribution < 1.29 is 39.7 Å². The molecule has 0 unspecified atom stereocenters. The number of benzene rings is 2. The lowest BCUT2D eigenvalue weighted by Crippen LogP contribution is -2.36. The van der Waals surface area contributed by atoms with Gasteiger partial charge in [0.15, 0.2) is 12.3 Å². The molecule has 0 bridgehead atoms. The zero-order chi connectivity index (χ0) is 30.1. The Bertz CT molecular complexity index is 1910. The van der Waals surface area contributed by atoms with E-state index in [1.165, 1.54) is 0 Å². The number of hydrogen-bond donors (Lipinski definition) is 2. The molecule has 14 heteroatoms. The van der Waals surface area contributed by atoms with E-state index in [0.717, 1.165) is 37.5 Å². The molecular formula is C28H30ClN2O8S3+. The molecule has 0 saturated heterocycles. The summed E-state index contributed by atoms with van der Waals surface area (Å²) in [6.07, 6.45) is 7.23. The molecule has 3 heterocycles. The van der Waals surface area contributed by atoms with Crippen molar-refractivity contribution in [2.75, 3.05) is 23.0 Å². The minimum absolute atomic E-state index is 0.226. The van der Waals surface area contributed by atoms with E-state index in [9.17, 15) is 21.4 Å². The molecule has 5 rings (SSSR count). The number of fused-ring (bicyclic) bond motifs is 4. The summed E-state index contributed by atoms with van der Waals surface area (Å²) >= 11 is 7.83. The molecular weight excluding hydrogens is 624 g/mol. The van der Waals surface area contributed by atoms with Crippen LogP contribution in [0.1, 0.15) is 37.6 Å². The molecule has 42 heavy (non-hydrogen) atoms. The summed E-state index contributed by atoms with van der Waals surface area (Å²) in [5.41, 5.74) is 3.35. The van der Waals surface area contributed by atoms with E-state index < -0.39 is 20.2 Å². The summed E-state index contributed by atoms with van der Waals surface area (Å²) in [6, 6.07) is 11.1. The molecule has 0 spiro atoms. The molecule has 0 saturated carbocycles. The normalized spacial score (nSPS) is 15.2. The fourth-order valence-electron chi connectivity index (χ4n) is 4.91. The van der Waals surface area contributed by atoms with E-state index in [2.05, 4.69) is 0 Å². The van der Waals surface area contributed by atoms with E-state index in [-0.39, 0.29) is 24.3 Å². The van der Waals surface area contributed by atoms with Gasteiger partial charge >= 0.3 is 0 Å². The molecule has 0 amide bonds. The first-order chi connectivity index (χ1) is 19.9. The standard InChI is InChI=1S/C28H29ClN2O8S3/c1-2-19(16-26-30(11-3-4-14-41(32,33)34)22-18-20(29)6-7-24(22)39-26)17-27-31(12-5-15-42(35,36)37)28-21-10-13-38-23(21)8-9-25(28)40-27/h6-10,13,16-18H,2-5,11-12,14-15H2,1H3,(H-,32,33,34,35,36,37)/p+1. The number of allylic oxidation sites excluding steroid dienone is 2. The fourth-order valence-corrected chi connectivity index (χ4v) is 7.32. The number of ether oxygens (including phenoxy) is 1. The maximum atomic E-state index is 11.4. The summed E-state index contributed by atoms with van der Waals surface area (Å²) in [5, 5.41) is 2.34. The predicted molar refractivity (Wildman–Crippen MR) is 164 cm³/mol. The van der Waals surface area contributed by atoms with Crippen LogP contribution in [-0.2, 0) is 26.8 Å². The smallest absolute Gasteiger partial charge is 0.265 e. The highest BCUT2D eigenvalue weighted by Crippen LogP contribution is 2.41. The Labute approximate surface area is 253 Å². The third-order valence-electron chi connectivity index (χ3n) is 6.86. The van der Waals surface area contributed by atoms with Crippen molar-refractivity contribution in [2.24, 2.45) is 0 Å². The Morgan fingerprint density at radius 1 is 1.05 bits per heavy atom. The maximum absolute atomic E-state index is 11.4. The summed E-state index contributed by atoms with van der Waals surface area (Å²) in [7, 11) is -8.15. The van der Waals surface area contributed by atoms with Crippen molar-refractivity contribution in [2.45, 2.75) is 39.2 Å². The summed E-state index contributed by atoms with van der Waals surface area (Å²) in [6.45, 7) is 2.83. The van der Waals surface area contributed by atoms with Crippen LogP contribution in [0.25, 0.3) is 27.3 Å². The summed E-state index contributed by atoms with van der Waals surface area (Å²) < 4.78 is 78.5. The number of aromatic nitrogens is 1. The highest BCUT2D eigenvalue weighted by atomic mass is 35.5. The van der Waals surface area contributed by atoms with Crippen molar-refractivity contribution in [3.05, 3.63) is 70.2 Å². The van der Waals surface area contributed by atoms with Crippen molar-refractivity contribution in [1.82, 2.24) is 0 Å². The first-order valence-corrected chi connectivity index (χ1v) is 17.7. The quantitative estimate of drug-likeness (QED) is 0.106. The third-order valence-corrected chi connectivity index (χ3v) is 9.80. The largest absolute Gasteiger partial charge is 0.464 e. The highest BCUT2D eigenvalue weighted by molar-refractivity contribution is 7.86. The Morgan fingerprint density at radius 3 is 2.55 bits per heavy atom. The average Bonchev–Trinajstić information content (AvgIpc) is 3.60. The second-order valence-corrected chi connectivity index (χ2v) is 14.5. The molecule has 1 aliphatic heterocycles. The van der Waals surface area contributed by atoms with Crippen LogP contribution in [0.2, 0.25) is 5.02 Å². The number of rotatable bonds is 12. The van der Waals surface area contributed by atoms with Gasteiger partial charge in [-0.15, -0.1) is 0 Å². The molecule has 0 atom stereocenters. The van der Waals surface area contributed by atoms with E-state index in [1.807, 2.05) is 46.7 Å². The van der Waals surface area contributed by atoms with Gasteiger partial charge in [-0.05, 0) is 61.2 Å². The number of furan rings is 1. The van der Waals surface area contributed by atoms with Crippen LogP contribution in [0.3, 0.4) is 0 Å². The van der Waals surface area contributed by atoms with Gasteiger partial charge in [-0.1, -0.05) is 29.9 Å². The minimum atomic E-state index is -4.10. The molecule has 4 aromatic rings. The Kier molecular flexibility index (Phi) is 8.97. The second-order valence-electron chi connectivity index (χ2n) is 9.89. The van der Waals surface area contributed by atoms with Crippen LogP contribution in [0.5, 0.6) is 5.75 Å². The van der Waals surface area contributed by atoms with Crippen molar-refractivity contribution >= 4 is 76.1 Å². The van der Waals surface area contributed by atoms with Crippen LogP contribution >= 0.6 is 22.9 Å². The van der Waals surface area contributed by atoms with Gasteiger partial charge in [-0.3, -0.25) is 9.11 Å². The molecule has 0 aliphatic carbocycles. The lowest BCUT2D eigenvalue weighted by molar-refractivity contribution is -0.667. The zero-order valence-corrected chi connectivity index (χ0v) is 25.9. The van der Waals surface area contributed by atoms with Crippen LogP contribution in [0.15, 0.2) is 64.6 Å². The van der Waals surface area contributed by atoms with Crippen molar-refractivity contribution in [3.8, 4) is 5.75 Å². The molecule has 0 radical (unpaired) electrons. The summed E-state index contributed by atoms with van der Waals surface area (Å²) in [4.78, 5) is 1.94. The lowest BCUT2D eigenvalue weighted by atomic mass is 10.1. The predicted octanol–water partition coefficient (Wildman–Crippen LogP) is 6.07. The number of nitrogens with zero attached hydrogens (tertiary/aromatic N) is 2. The van der Waals surface area contributed by atoms with Gasteiger partial charge in [0.25, 0.3) is 25.2 Å². The van der Waals surface area contributed by atoms with Gasteiger partial charge in [-0.2, -0.15) is 21.4 Å². The van der Waals surface area contributed by atoms with Gasteiger partial charge in [0.05, 0.1) is 28.8 Å². The fraction of sp³-hybridized carbons (Fsp3) is 0.321. The van der Waals surface area contributed by atoms with E-state index in [1.54, 1.807) is 35.8 Å². The SMILES string of the molecule is CCC(/C=C1\Oc2ccc(Cl)cc2N1CCCCS(=O)(=O)O)=C\c1sc2ccc3occc3c2[n+]1CCCS(=O)(=O)O. The number of aryl methyl sites for hydroxylation is 1. The molecule has 1 aliphatic rings. The van der Waals surface area contributed by atoms with Crippen LogP contribution in [-0.4, -0.2) is 44.0 Å². The van der Waals surface area contributed by atoms with Crippen molar-refractivity contribution in [3.63, 3.8) is 0 Å². The lowest BCUT2D eigenvalue weighted by Gasteiger charge is -2.18. The first kappa shape index (κ1) is 30.5. The average molecular weight is 654 g/mol. The highest BCUT2D eigenvalue weighted by Gasteiger charge is 2.28. The van der Waals surface area contributed by atoms with Gasteiger partial charge in [-0.25, -0.2) is 0 Å². The molecule has 10 nitrogen and oxygen atoms in total. The van der Waals surface area contributed by atoms with E-state index in [4.69, 9.17) is 25.3 Å².